The number of carbonyl (C=O) groups excluding carboxylic acids is 1. The highest BCUT2D eigenvalue weighted by atomic mass is 32.2. The normalized spacial score (nSPS) is 16.1. The number of para-hydroxylation sites is 1. The molecule has 0 aliphatic carbocycles. The van der Waals surface area contributed by atoms with Crippen LogP contribution in [0.15, 0.2) is 63.3 Å². The van der Waals surface area contributed by atoms with Gasteiger partial charge in [-0.15, -0.1) is 0 Å². The van der Waals surface area contributed by atoms with Crippen LogP contribution in [0.4, 0.5) is 0 Å². The van der Waals surface area contributed by atoms with E-state index in [1.165, 1.54) is 24.3 Å². The fourth-order valence-electron chi connectivity index (χ4n) is 2.11. The molecular formula is C17H14N2O4S2. The molecule has 1 heterocycles. The second kappa shape index (κ2) is 6.73. The summed E-state index contributed by atoms with van der Waals surface area (Å²) in [5.74, 6) is -0.340. The Morgan fingerprint density at radius 1 is 1.12 bits per heavy atom. The molecule has 8 heteroatoms. The summed E-state index contributed by atoms with van der Waals surface area (Å²) in [6.45, 7) is 1.86. The van der Waals surface area contributed by atoms with Crippen molar-refractivity contribution in [3.63, 3.8) is 0 Å². The van der Waals surface area contributed by atoms with Gasteiger partial charge in [0.05, 0.1) is 4.91 Å². The lowest BCUT2D eigenvalue weighted by molar-refractivity contribution is -0.113. The average Bonchev–Trinajstić information content (AvgIpc) is 2.87. The van der Waals surface area contributed by atoms with Crippen LogP contribution in [0.1, 0.15) is 11.1 Å². The number of thioether (sulfide) groups is 1. The molecular weight excluding hydrogens is 360 g/mol. The van der Waals surface area contributed by atoms with E-state index in [4.69, 9.17) is 9.92 Å². The van der Waals surface area contributed by atoms with Crippen molar-refractivity contribution in [3.8, 4) is 5.75 Å². The van der Waals surface area contributed by atoms with Gasteiger partial charge in [0.25, 0.3) is 5.91 Å². The Balaban J connectivity index is 1.93. The lowest BCUT2D eigenvalue weighted by atomic mass is 10.2. The van der Waals surface area contributed by atoms with Gasteiger partial charge in [-0.1, -0.05) is 35.9 Å². The topological polar surface area (TPSA) is 98.8 Å². The molecule has 1 aliphatic heterocycles. The second-order valence-corrected chi connectivity index (χ2v) is 7.86. The van der Waals surface area contributed by atoms with Crippen LogP contribution in [0.25, 0.3) is 6.08 Å². The summed E-state index contributed by atoms with van der Waals surface area (Å²) in [5.41, 5.74) is 6.91. The number of carbonyl (C=O) groups is 1. The van der Waals surface area contributed by atoms with Gasteiger partial charge in [0.1, 0.15) is 10.6 Å². The molecule has 128 valence electrons. The molecule has 0 saturated carbocycles. The van der Waals surface area contributed by atoms with Crippen LogP contribution in [0, 0.1) is 6.92 Å². The molecule has 0 unspecified atom stereocenters. The predicted molar refractivity (Wildman–Crippen MR) is 97.6 cm³/mol. The Morgan fingerprint density at radius 3 is 2.44 bits per heavy atom. The average molecular weight is 374 g/mol. The summed E-state index contributed by atoms with van der Waals surface area (Å²) in [7, 11) is -3.98. The van der Waals surface area contributed by atoms with Gasteiger partial charge < -0.3 is 9.92 Å². The molecule has 6 nitrogen and oxygen atoms in total. The third-order valence-electron chi connectivity index (χ3n) is 3.35. The minimum absolute atomic E-state index is 0.0550. The maximum atomic E-state index is 12.5. The first kappa shape index (κ1) is 17.2. The summed E-state index contributed by atoms with van der Waals surface area (Å²) < 4.78 is 30.2. The first-order valence-electron chi connectivity index (χ1n) is 7.23. The SMILES string of the molecule is Cc1ccc(S(=O)(=O)Oc2ccccc2/C=C2\SC(N)=NC2=O)cc1. The van der Waals surface area contributed by atoms with E-state index in [0.29, 0.717) is 10.5 Å². The molecule has 0 bridgehead atoms. The predicted octanol–water partition coefficient (Wildman–Crippen LogP) is 2.69. The minimum Gasteiger partial charge on any atom is -0.378 e. The number of hydrogen-bond acceptors (Lipinski definition) is 6. The highest BCUT2D eigenvalue weighted by Gasteiger charge is 2.22. The van der Waals surface area contributed by atoms with Crippen molar-refractivity contribution in [1.82, 2.24) is 0 Å². The highest BCUT2D eigenvalue weighted by Crippen LogP contribution is 2.30. The zero-order valence-electron chi connectivity index (χ0n) is 13.2. The van der Waals surface area contributed by atoms with Crippen molar-refractivity contribution >= 4 is 39.0 Å². The Labute approximate surface area is 149 Å². The molecule has 2 N–H and O–H groups in total. The van der Waals surface area contributed by atoms with Gasteiger partial charge in [-0.25, -0.2) is 0 Å². The molecule has 0 spiro atoms. The summed E-state index contributed by atoms with van der Waals surface area (Å²) in [6, 6.07) is 12.9. The monoisotopic (exact) mass is 374 g/mol. The number of amidine groups is 1. The molecule has 2 aromatic carbocycles. The molecule has 0 fully saturated rings. The number of nitrogens with zero attached hydrogens (tertiary/aromatic N) is 1. The summed E-state index contributed by atoms with van der Waals surface area (Å²) in [5, 5.41) is 0.155. The maximum absolute atomic E-state index is 12.5. The van der Waals surface area contributed by atoms with Gasteiger partial charge in [0.2, 0.25) is 0 Å². The van der Waals surface area contributed by atoms with Gasteiger partial charge in [0, 0.05) is 5.56 Å². The zero-order chi connectivity index (χ0) is 18.0. The van der Waals surface area contributed by atoms with E-state index in [2.05, 4.69) is 4.99 Å². The molecule has 0 radical (unpaired) electrons. The van der Waals surface area contributed by atoms with E-state index in [1.54, 1.807) is 30.3 Å². The fourth-order valence-corrected chi connectivity index (χ4v) is 3.74. The molecule has 0 aromatic heterocycles. The van der Waals surface area contributed by atoms with Gasteiger partial charge in [-0.3, -0.25) is 4.79 Å². The molecule has 0 atom stereocenters. The zero-order valence-corrected chi connectivity index (χ0v) is 14.8. The highest BCUT2D eigenvalue weighted by molar-refractivity contribution is 8.18. The largest absolute Gasteiger partial charge is 0.378 e. The molecule has 2 aromatic rings. The quantitative estimate of drug-likeness (QED) is 0.652. The first-order valence-corrected chi connectivity index (χ1v) is 9.46. The number of aliphatic imine (C=N–C) groups is 1. The fraction of sp³-hybridized carbons (Fsp3) is 0.0588. The van der Waals surface area contributed by atoms with Gasteiger partial charge in [-0.05, 0) is 43.0 Å². The van der Waals surface area contributed by atoms with Gasteiger partial charge in [0.15, 0.2) is 5.17 Å². The van der Waals surface area contributed by atoms with Crippen LogP contribution in [0.5, 0.6) is 5.75 Å². The standard InChI is InChI=1S/C17H14N2O4S2/c1-11-6-8-13(9-7-11)25(21,22)23-14-5-3-2-4-12(14)10-15-16(20)19-17(18)24-15/h2-10H,1H3,(H2,18,19,20)/b15-10-. The maximum Gasteiger partial charge on any atom is 0.339 e. The molecule has 1 aliphatic rings. The van der Waals surface area contributed by atoms with Crippen LogP contribution in [0.3, 0.4) is 0 Å². The van der Waals surface area contributed by atoms with E-state index >= 15 is 0 Å². The lowest BCUT2D eigenvalue weighted by Crippen LogP contribution is -2.10. The Bertz CT molecular complexity index is 994. The number of amides is 1. The second-order valence-electron chi connectivity index (χ2n) is 5.25. The summed E-state index contributed by atoms with van der Waals surface area (Å²) >= 11 is 1.03. The van der Waals surface area contributed by atoms with Gasteiger partial charge in [-0.2, -0.15) is 13.4 Å². The Kier molecular flexibility index (Phi) is 4.65. The van der Waals surface area contributed by atoms with Crippen molar-refractivity contribution in [2.45, 2.75) is 11.8 Å². The van der Waals surface area contributed by atoms with Gasteiger partial charge >= 0.3 is 10.1 Å². The van der Waals surface area contributed by atoms with E-state index < -0.39 is 16.0 Å². The van der Waals surface area contributed by atoms with Crippen molar-refractivity contribution < 1.29 is 17.4 Å². The van der Waals surface area contributed by atoms with Crippen LogP contribution in [-0.2, 0) is 14.9 Å². The van der Waals surface area contributed by atoms with Crippen LogP contribution < -0.4 is 9.92 Å². The number of benzene rings is 2. The molecule has 1 amide bonds. The van der Waals surface area contributed by atoms with Crippen molar-refractivity contribution in [1.29, 1.82) is 0 Å². The third kappa shape index (κ3) is 3.92. The van der Waals surface area contributed by atoms with Crippen molar-refractivity contribution in [3.05, 3.63) is 64.6 Å². The summed E-state index contributed by atoms with van der Waals surface area (Å²) in [6.07, 6.45) is 1.51. The molecule has 0 saturated heterocycles. The molecule has 25 heavy (non-hydrogen) atoms. The molecule has 3 rings (SSSR count). The van der Waals surface area contributed by atoms with Crippen molar-refractivity contribution in [2.75, 3.05) is 0 Å². The Hall–Kier alpha value is -2.58. The third-order valence-corrected chi connectivity index (χ3v) is 5.41. The summed E-state index contributed by atoms with van der Waals surface area (Å²) in [4.78, 5) is 15.7. The van der Waals surface area contributed by atoms with Crippen molar-refractivity contribution in [2.24, 2.45) is 10.7 Å². The number of aryl methyl sites for hydroxylation is 1. The smallest absolute Gasteiger partial charge is 0.339 e. The van der Waals surface area contributed by atoms with Crippen LogP contribution in [0.2, 0.25) is 0 Å². The Morgan fingerprint density at radius 2 is 1.80 bits per heavy atom. The van der Waals surface area contributed by atoms with Crippen LogP contribution in [-0.4, -0.2) is 19.5 Å². The van der Waals surface area contributed by atoms with E-state index in [9.17, 15) is 13.2 Å². The van der Waals surface area contributed by atoms with Crippen LogP contribution >= 0.6 is 11.8 Å². The minimum atomic E-state index is -3.98. The van der Waals surface area contributed by atoms with E-state index in [1.807, 2.05) is 6.92 Å². The van der Waals surface area contributed by atoms with E-state index in [0.717, 1.165) is 17.3 Å². The lowest BCUT2D eigenvalue weighted by Gasteiger charge is -2.10. The van der Waals surface area contributed by atoms with E-state index in [-0.39, 0.29) is 15.8 Å². The number of hydrogen-bond donors (Lipinski definition) is 1. The number of nitrogens with two attached hydrogens (primary N) is 1. The first-order chi connectivity index (χ1) is 11.8. The number of rotatable bonds is 4.